The fraction of sp³-hybridized carbons (Fsp3) is 0.571. The van der Waals surface area contributed by atoms with Crippen molar-refractivity contribution in [3.63, 3.8) is 0 Å². The molecule has 2 aliphatic carbocycles. The summed E-state index contributed by atoms with van der Waals surface area (Å²) in [7, 11) is 0. The Labute approximate surface area is 106 Å². The molecular weight excluding hydrogens is 237 g/mol. The Bertz CT molecular complexity index is 421. The van der Waals surface area contributed by atoms with Crippen molar-refractivity contribution in [1.29, 1.82) is 0 Å². The lowest BCUT2D eigenvalue weighted by Gasteiger charge is -2.22. The van der Waals surface area contributed by atoms with Gasteiger partial charge in [-0.15, -0.1) is 0 Å². The first-order chi connectivity index (χ1) is 8.22. The zero-order valence-electron chi connectivity index (χ0n) is 9.76. The van der Waals surface area contributed by atoms with Gasteiger partial charge in [-0.25, -0.2) is 4.39 Å². The first-order valence-corrected chi connectivity index (χ1v) is 6.79. The van der Waals surface area contributed by atoms with E-state index in [2.05, 4.69) is 5.32 Å². The van der Waals surface area contributed by atoms with Crippen LogP contribution in [-0.4, -0.2) is 6.54 Å². The molecule has 1 N–H and O–H groups in total. The molecule has 2 fully saturated rings. The second kappa shape index (κ2) is 4.49. The van der Waals surface area contributed by atoms with Crippen molar-refractivity contribution < 1.29 is 4.39 Å². The monoisotopic (exact) mass is 253 g/mol. The summed E-state index contributed by atoms with van der Waals surface area (Å²) in [6, 6.07) is 4.85. The van der Waals surface area contributed by atoms with Gasteiger partial charge in [-0.1, -0.05) is 18.0 Å². The van der Waals surface area contributed by atoms with Gasteiger partial charge in [0.15, 0.2) is 0 Å². The van der Waals surface area contributed by atoms with Gasteiger partial charge in [0.1, 0.15) is 5.82 Å². The van der Waals surface area contributed by atoms with E-state index in [1.165, 1.54) is 31.7 Å². The van der Waals surface area contributed by atoms with E-state index < -0.39 is 0 Å². The molecule has 3 atom stereocenters. The van der Waals surface area contributed by atoms with Crippen LogP contribution >= 0.6 is 11.6 Å². The summed E-state index contributed by atoms with van der Waals surface area (Å²) >= 11 is 5.76. The first-order valence-electron chi connectivity index (χ1n) is 6.41. The van der Waals surface area contributed by atoms with Crippen LogP contribution in [0.3, 0.4) is 0 Å². The summed E-state index contributed by atoms with van der Waals surface area (Å²) in [6.45, 7) is 1.00. The van der Waals surface area contributed by atoms with Crippen LogP contribution < -0.4 is 5.32 Å². The van der Waals surface area contributed by atoms with Crippen molar-refractivity contribution in [3.8, 4) is 0 Å². The average Bonchev–Trinajstić information content (AvgIpc) is 2.92. The van der Waals surface area contributed by atoms with E-state index >= 15 is 0 Å². The summed E-state index contributed by atoms with van der Waals surface area (Å²) < 4.78 is 13.0. The Morgan fingerprint density at radius 2 is 2.18 bits per heavy atom. The number of nitrogens with one attached hydrogen (secondary N) is 1. The van der Waals surface area contributed by atoms with Crippen LogP contribution in [0.5, 0.6) is 0 Å². The second-order valence-corrected chi connectivity index (χ2v) is 5.85. The largest absolute Gasteiger partial charge is 0.385 e. The predicted octanol–water partition coefficient (Wildman–Crippen LogP) is 4.33. The molecular formula is C14H17ClFN. The highest BCUT2D eigenvalue weighted by Crippen LogP contribution is 2.48. The van der Waals surface area contributed by atoms with E-state index in [4.69, 9.17) is 11.6 Å². The zero-order chi connectivity index (χ0) is 11.8. The van der Waals surface area contributed by atoms with Crippen LogP contribution in [0.15, 0.2) is 18.2 Å². The van der Waals surface area contributed by atoms with Gasteiger partial charge in [-0.05, 0) is 55.2 Å². The fourth-order valence-electron chi connectivity index (χ4n) is 3.48. The van der Waals surface area contributed by atoms with Gasteiger partial charge in [0.05, 0.1) is 5.02 Å². The number of anilines is 1. The third kappa shape index (κ3) is 2.28. The molecule has 1 aromatic rings. The number of hydrogen-bond acceptors (Lipinski definition) is 1. The van der Waals surface area contributed by atoms with Crippen molar-refractivity contribution in [3.05, 3.63) is 29.0 Å². The summed E-state index contributed by atoms with van der Waals surface area (Å²) in [6.07, 6.45) is 5.63. The molecule has 92 valence electrons. The molecule has 3 unspecified atom stereocenters. The normalized spacial score (nSPS) is 30.8. The molecule has 0 saturated heterocycles. The molecule has 0 radical (unpaired) electrons. The Kier molecular flexibility index (Phi) is 2.99. The van der Waals surface area contributed by atoms with E-state index in [-0.39, 0.29) is 10.8 Å². The van der Waals surface area contributed by atoms with Gasteiger partial charge < -0.3 is 5.32 Å². The summed E-state index contributed by atoms with van der Waals surface area (Å²) in [5, 5.41) is 3.59. The van der Waals surface area contributed by atoms with E-state index in [9.17, 15) is 4.39 Å². The van der Waals surface area contributed by atoms with Gasteiger partial charge in [-0.3, -0.25) is 0 Å². The maximum atomic E-state index is 13.0. The van der Waals surface area contributed by atoms with Gasteiger partial charge in [0.2, 0.25) is 0 Å². The quantitative estimate of drug-likeness (QED) is 0.846. The molecule has 0 aliphatic heterocycles. The lowest BCUT2D eigenvalue weighted by Crippen LogP contribution is -2.20. The summed E-state index contributed by atoms with van der Waals surface area (Å²) in [5.74, 6) is 2.35. The number of benzene rings is 1. The minimum atomic E-state index is -0.350. The third-order valence-electron chi connectivity index (χ3n) is 4.37. The zero-order valence-corrected chi connectivity index (χ0v) is 10.5. The molecule has 1 aromatic carbocycles. The Morgan fingerprint density at radius 1 is 1.29 bits per heavy atom. The molecule has 0 spiro atoms. The second-order valence-electron chi connectivity index (χ2n) is 5.44. The van der Waals surface area contributed by atoms with Crippen LogP contribution in [0.2, 0.25) is 5.02 Å². The Balaban J connectivity index is 1.59. The molecule has 0 aromatic heterocycles. The number of rotatable bonds is 3. The minimum Gasteiger partial charge on any atom is -0.385 e. The Hall–Kier alpha value is -0.760. The van der Waals surface area contributed by atoms with Gasteiger partial charge in [0, 0.05) is 12.2 Å². The molecule has 17 heavy (non-hydrogen) atoms. The number of hydrogen-bond donors (Lipinski definition) is 1. The van der Waals surface area contributed by atoms with Crippen LogP contribution in [0.1, 0.15) is 25.7 Å². The molecule has 3 heteroatoms. The van der Waals surface area contributed by atoms with Crippen LogP contribution in [0.4, 0.5) is 10.1 Å². The minimum absolute atomic E-state index is 0.197. The molecule has 2 aliphatic rings. The lowest BCUT2D eigenvalue weighted by atomic mass is 9.89. The highest BCUT2D eigenvalue weighted by molar-refractivity contribution is 6.31. The highest BCUT2D eigenvalue weighted by atomic mass is 35.5. The van der Waals surface area contributed by atoms with Gasteiger partial charge in [-0.2, -0.15) is 0 Å². The third-order valence-corrected chi connectivity index (χ3v) is 4.66. The molecule has 0 amide bonds. The van der Waals surface area contributed by atoms with E-state index in [0.717, 1.165) is 30.0 Å². The van der Waals surface area contributed by atoms with Gasteiger partial charge in [0.25, 0.3) is 0 Å². The molecule has 1 nitrogen and oxygen atoms in total. The van der Waals surface area contributed by atoms with Crippen molar-refractivity contribution in [2.24, 2.45) is 17.8 Å². The average molecular weight is 254 g/mol. The molecule has 2 saturated carbocycles. The Morgan fingerprint density at radius 3 is 2.82 bits per heavy atom. The molecule has 3 rings (SSSR count). The van der Waals surface area contributed by atoms with E-state index in [1.807, 2.05) is 0 Å². The van der Waals surface area contributed by atoms with Crippen molar-refractivity contribution in [2.45, 2.75) is 25.7 Å². The maximum Gasteiger partial charge on any atom is 0.141 e. The lowest BCUT2D eigenvalue weighted by molar-refractivity contribution is 0.348. The maximum absolute atomic E-state index is 13.0. The van der Waals surface area contributed by atoms with Crippen LogP contribution in [0, 0.1) is 23.6 Å². The topological polar surface area (TPSA) is 12.0 Å². The number of halogens is 2. The fourth-order valence-corrected chi connectivity index (χ4v) is 3.66. The first kappa shape index (κ1) is 11.3. The smallest absolute Gasteiger partial charge is 0.141 e. The molecule has 0 heterocycles. The van der Waals surface area contributed by atoms with Crippen molar-refractivity contribution in [1.82, 2.24) is 0 Å². The summed E-state index contributed by atoms with van der Waals surface area (Å²) in [4.78, 5) is 0. The number of fused-ring (bicyclic) bond motifs is 2. The van der Waals surface area contributed by atoms with E-state index in [1.54, 1.807) is 12.1 Å². The predicted molar refractivity (Wildman–Crippen MR) is 68.8 cm³/mol. The highest BCUT2D eigenvalue weighted by Gasteiger charge is 2.38. The molecule has 2 bridgehead atoms. The standard InChI is InChI=1S/C14H17ClFN/c15-13-7-12(3-4-14(13)16)17-8-11-6-9-1-2-10(11)5-9/h3-4,7,9-11,17H,1-2,5-6,8H2. The van der Waals surface area contributed by atoms with Crippen molar-refractivity contribution in [2.75, 3.05) is 11.9 Å². The van der Waals surface area contributed by atoms with Crippen LogP contribution in [-0.2, 0) is 0 Å². The van der Waals surface area contributed by atoms with Crippen LogP contribution in [0.25, 0.3) is 0 Å². The van der Waals surface area contributed by atoms with Crippen molar-refractivity contribution >= 4 is 17.3 Å². The van der Waals surface area contributed by atoms with Gasteiger partial charge >= 0.3 is 0 Å². The summed E-state index contributed by atoms with van der Waals surface area (Å²) in [5.41, 5.74) is 0.930. The SMILES string of the molecule is Fc1ccc(NCC2CC3CCC2C3)cc1Cl. The van der Waals surface area contributed by atoms with E-state index in [0.29, 0.717) is 0 Å².